The summed E-state index contributed by atoms with van der Waals surface area (Å²) in [6.45, 7) is 2.18. The zero-order chi connectivity index (χ0) is 12.0. The Morgan fingerprint density at radius 3 is 2.94 bits per heavy atom. The van der Waals surface area contributed by atoms with Gasteiger partial charge < -0.3 is 10.1 Å². The molecule has 0 saturated carbocycles. The number of rotatable bonds is 4. The molecule has 0 aliphatic rings. The summed E-state index contributed by atoms with van der Waals surface area (Å²) in [7, 11) is 0. The van der Waals surface area contributed by atoms with Gasteiger partial charge in [0.1, 0.15) is 12.6 Å². The zero-order valence-corrected chi connectivity index (χ0v) is 9.54. The molecule has 1 aromatic carbocycles. The molecule has 0 radical (unpaired) electrons. The third-order valence-corrected chi connectivity index (χ3v) is 2.14. The fraction of sp³-hybridized carbons (Fsp3) is 0.273. The van der Waals surface area contributed by atoms with E-state index in [1.165, 1.54) is 0 Å². The fourth-order valence-electron chi connectivity index (χ4n) is 1.10. The van der Waals surface area contributed by atoms with E-state index in [4.69, 9.17) is 21.6 Å². The molecule has 0 bridgehead atoms. The number of benzene rings is 1. The molecule has 0 amide bonds. The Hall–Kier alpha value is -1.73. The molecule has 5 heteroatoms. The molecule has 0 unspecified atom stereocenters. The minimum Gasteiger partial charge on any atom is -0.465 e. The number of hydrogen-bond donors (Lipinski definition) is 1. The van der Waals surface area contributed by atoms with Gasteiger partial charge in [-0.25, -0.2) is 0 Å². The summed E-state index contributed by atoms with van der Waals surface area (Å²) in [5.41, 5.74) is 1.08. The summed E-state index contributed by atoms with van der Waals surface area (Å²) >= 11 is 5.83. The van der Waals surface area contributed by atoms with Crippen LogP contribution in [0.25, 0.3) is 0 Å². The number of nitrogens with zero attached hydrogens (tertiary/aromatic N) is 1. The maximum atomic E-state index is 11.1. The quantitative estimate of drug-likeness (QED) is 0.817. The van der Waals surface area contributed by atoms with E-state index in [9.17, 15) is 4.79 Å². The van der Waals surface area contributed by atoms with Crippen molar-refractivity contribution in [2.24, 2.45) is 0 Å². The van der Waals surface area contributed by atoms with Crippen LogP contribution in [0.2, 0.25) is 5.02 Å². The van der Waals surface area contributed by atoms with E-state index in [0.29, 0.717) is 22.9 Å². The molecule has 0 saturated heterocycles. The van der Waals surface area contributed by atoms with Crippen molar-refractivity contribution in [1.82, 2.24) is 0 Å². The molecule has 1 rings (SSSR count). The lowest BCUT2D eigenvalue weighted by molar-refractivity contribution is -0.140. The molecular weight excluding hydrogens is 228 g/mol. The molecule has 0 atom stereocenters. The van der Waals surface area contributed by atoms with E-state index in [0.717, 1.165) is 0 Å². The topological polar surface area (TPSA) is 62.1 Å². The smallest absolute Gasteiger partial charge is 0.325 e. The van der Waals surface area contributed by atoms with Crippen molar-refractivity contribution in [1.29, 1.82) is 5.26 Å². The lowest BCUT2D eigenvalue weighted by Gasteiger charge is -2.06. The van der Waals surface area contributed by atoms with Gasteiger partial charge in [0.15, 0.2) is 0 Å². The van der Waals surface area contributed by atoms with Gasteiger partial charge in [0.25, 0.3) is 0 Å². The first-order valence-corrected chi connectivity index (χ1v) is 5.14. The van der Waals surface area contributed by atoms with Crippen LogP contribution in [0.4, 0.5) is 5.69 Å². The van der Waals surface area contributed by atoms with E-state index >= 15 is 0 Å². The van der Waals surface area contributed by atoms with Crippen molar-refractivity contribution in [3.05, 3.63) is 28.8 Å². The Balaban J connectivity index is 2.59. The maximum absolute atomic E-state index is 11.1. The summed E-state index contributed by atoms with van der Waals surface area (Å²) in [6.07, 6.45) is 0. The van der Waals surface area contributed by atoms with Crippen LogP contribution in [0.15, 0.2) is 18.2 Å². The largest absolute Gasteiger partial charge is 0.465 e. The number of halogens is 1. The van der Waals surface area contributed by atoms with Crippen molar-refractivity contribution >= 4 is 23.3 Å². The number of carbonyl (C=O) groups is 1. The first kappa shape index (κ1) is 12.3. The second-order valence-electron chi connectivity index (χ2n) is 2.97. The van der Waals surface area contributed by atoms with Gasteiger partial charge in [0.2, 0.25) is 0 Å². The first-order chi connectivity index (χ1) is 7.67. The van der Waals surface area contributed by atoms with Crippen LogP contribution in [0.5, 0.6) is 0 Å². The fourth-order valence-corrected chi connectivity index (χ4v) is 1.32. The van der Waals surface area contributed by atoms with Crippen LogP contribution in [0, 0.1) is 11.3 Å². The predicted molar refractivity (Wildman–Crippen MR) is 61.3 cm³/mol. The highest BCUT2D eigenvalue weighted by Gasteiger charge is 2.03. The highest BCUT2D eigenvalue weighted by molar-refractivity contribution is 6.32. The highest BCUT2D eigenvalue weighted by Crippen LogP contribution is 2.19. The van der Waals surface area contributed by atoms with Gasteiger partial charge in [-0.05, 0) is 25.1 Å². The second-order valence-corrected chi connectivity index (χ2v) is 3.37. The minimum atomic E-state index is -0.331. The van der Waals surface area contributed by atoms with Crippen molar-refractivity contribution in [2.45, 2.75) is 6.92 Å². The molecular formula is C11H11ClN2O2. The summed E-state index contributed by atoms with van der Waals surface area (Å²) < 4.78 is 4.75. The van der Waals surface area contributed by atoms with Gasteiger partial charge in [-0.3, -0.25) is 4.79 Å². The van der Waals surface area contributed by atoms with E-state index in [-0.39, 0.29) is 12.5 Å². The molecule has 16 heavy (non-hydrogen) atoms. The molecule has 0 spiro atoms. The van der Waals surface area contributed by atoms with Gasteiger partial charge in [-0.15, -0.1) is 0 Å². The molecule has 0 aromatic heterocycles. The Morgan fingerprint density at radius 2 is 2.38 bits per heavy atom. The molecule has 0 aliphatic heterocycles. The van der Waals surface area contributed by atoms with Crippen molar-refractivity contribution in [2.75, 3.05) is 18.5 Å². The third kappa shape index (κ3) is 3.44. The van der Waals surface area contributed by atoms with Gasteiger partial charge in [-0.2, -0.15) is 5.26 Å². The normalized spacial score (nSPS) is 9.31. The zero-order valence-electron chi connectivity index (χ0n) is 8.79. The lowest BCUT2D eigenvalue weighted by Crippen LogP contribution is -2.16. The first-order valence-electron chi connectivity index (χ1n) is 4.76. The number of nitriles is 1. The maximum Gasteiger partial charge on any atom is 0.325 e. The summed E-state index contributed by atoms with van der Waals surface area (Å²) in [5.74, 6) is -0.331. The standard InChI is InChI=1S/C11H11ClN2O2/c1-2-16-11(15)7-14-9-4-3-8(6-13)10(12)5-9/h3-5,14H,2,7H2,1H3. The number of ether oxygens (including phenoxy) is 1. The van der Waals surface area contributed by atoms with Crippen LogP contribution >= 0.6 is 11.6 Å². The summed E-state index contributed by atoms with van der Waals surface area (Å²) in [4.78, 5) is 11.1. The molecule has 1 N–H and O–H groups in total. The van der Waals surface area contributed by atoms with Crippen LogP contribution in [0.1, 0.15) is 12.5 Å². The van der Waals surface area contributed by atoms with Gasteiger partial charge in [0.05, 0.1) is 17.2 Å². The Bertz CT molecular complexity index is 426. The van der Waals surface area contributed by atoms with Gasteiger partial charge in [-0.1, -0.05) is 11.6 Å². The summed E-state index contributed by atoms with van der Waals surface area (Å²) in [5, 5.41) is 11.9. The van der Waals surface area contributed by atoms with Crippen LogP contribution in [0.3, 0.4) is 0 Å². The predicted octanol–water partition coefficient (Wildman–Crippen LogP) is 2.19. The van der Waals surface area contributed by atoms with Crippen LogP contribution in [-0.2, 0) is 9.53 Å². The van der Waals surface area contributed by atoms with Gasteiger partial charge in [0, 0.05) is 5.69 Å². The van der Waals surface area contributed by atoms with E-state index in [1.54, 1.807) is 25.1 Å². The van der Waals surface area contributed by atoms with Crippen molar-refractivity contribution in [3.8, 4) is 6.07 Å². The van der Waals surface area contributed by atoms with Crippen molar-refractivity contribution in [3.63, 3.8) is 0 Å². The number of hydrogen-bond acceptors (Lipinski definition) is 4. The van der Waals surface area contributed by atoms with Crippen molar-refractivity contribution < 1.29 is 9.53 Å². The van der Waals surface area contributed by atoms with E-state index in [1.807, 2.05) is 6.07 Å². The second kappa shape index (κ2) is 5.99. The SMILES string of the molecule is CCOC(=O)CNc1ccc(C#N)c(Cl)c1. The Labute approximate surface area is 98.8 Å². The molecule has 1 aromatic rings. The average Bonchev–Trinajstić information content (AvgIpc) is 2.27. The molecule has 0 aliphatic carbocycles. The Kier molecular flexibility index (Phi) is 4.62. The lowest BCUT2D eigenvalue weighted by atomic mass is 10.2. The van der Waals surface area contributed by atoms with Gasteiger partial charge >= 0.3 is 5.97 Å². The van der Waals surface area contributed by atoms with Crippen LogP contribution in [-0.4, -0.2) is 19.1 Å². The molecule has 4 nitrogen and oxygen atoms in total. The number of carbonyl (C=O) groups excluding carboxylic acids is 1. The minimum absolute atomic E-state index is 0.0794. The van der Waals surface area contributed by atoms with E-state index < -0.39 is 0 Å². The number of nitrogens with one attached hydrogen (secondary N) is 1. The molecule has 0 fully saturated rings. The number of esters is 1. The monoisotopic (exact) mass is 238 g/mol. The third-order valence-electron chi connectivity index (χ3n) is 1.83. The number of anilines is 1. The highest BCUT2D eigenvalue weighted by atomic mass is 35.5. The van der Waals surface area contributed by atoms with Crippen LogP contribution < -0.4 is 5.32 Å². The average molecular weight is 239 g/mol. The Morgan fingerprint density at radius 1 is 1.62 bits per heavy atom. The summed E-state index contributed by atoms with van der Waals surface area (Å²) in [6, 6.07) is 6.83. The van der Waals surface area contributed by atoms with E-state index in [2.05, 4.69) is 5.32 Å². The molecule has 0 heterocycles. The molecule has 84 valence electrons.